The Morgan fingerprint density at radius 3 is 2.68 bits per heavy atom. The van der Waals surface area contributed by atoms with Crippen LogP contribution in [0.3, 0.4) is 0 Å². The molecule has 0 unspecified atom stereocenters. The molecule has 0 aliphatic carbocycles. The molecule has 0 saturated carbocycles. The van der Waals surface area contributed by atoms with E-state index in [1.54, 1.807) is 16.0 Å². The average Bonchev–Trinajstić information content (AvgIpc) is 2.63. The summed E-state index contributed by atoms with van der Waals surface area (Å²) in [6.45, 7) is 4.64. The summed E-state index contributed by atoms with van der Waals surface area (Å²) >= 11 is 1.40. The highest BCUT2D eigenvalue weighted by atomic mass is 32.2. The number of aryl methyl sites for hydroxylation is 1. The zero-order valence-electron chi connectivity index (χ0n) is 14.4. The van der Waals surface area contributed by atoms with Crippen molar-refractivity contribution in [2.24, 2.45) is 0 Å². The molecule has 1 atom stereocenters. The van der Waals surface area contributed by atoms with Crippen molar-refractivity contribution < 1.29 is 9.59 Å². The van der Waals surface area contributed by atoms with Gasteiger partial charge >= 0.3 is 0 Å². The Bertz CT molecular complexity index is 749. The molecule has 1 aliphatic rings. The van der Waals surface area contributed by atoms with Crippen molar-refractivity contribution in [1.29, 1.82) is 0 Å². The second-order valence-electron chi connectivity index (χ2n) is 6.17. The molecule has 1 saturated heterocycles. The smallest absolute Gasteiger partial charge is 0.246 e. The summed E-state index contributed by atoms with van der Waals surface area (Å²) in [5, 5.41) is 0.813. The fraction of sp³-hybridized carbons (Fsp3) is 0.316. The molecule has 3 rings (SSSR count). The largest absolute Gasteiger partial charge is 0.328 e. The van der Waals surface area contributed by atoms with E-state index in [-0.39, 0.29) is 24.4 Å². The number of rotatable bonds is 4. The molecule has 0 radical (unpaired) electrons. The maximum Gasteiger partial charge on any atom is 0.246 e. The Morgan fingerprint density at radius 2 is 2.00 bits per heavy atom. The number of carbonyl (C=O) groups excluding carboxylic acids is 2. The van der Waals surface area contributed by atoms with Gasteiger partial charge < -0.3 is 9.80 Å². The highest BCUT2D eigenvalue weighted by molar-refractivity contribution is 7.99. The van der Waals surface area contributed by atoms with Crippen LogP contribution in [0.2, 0.25) is 0 Å². The maximum absolute atomic E-state index is 12.5. The number of nitrogens with zero attached hydrogens (tertiary/aromatic N) is 3. The Labute approximate surface area is 152 Å². The Balaban J connectivity index is 1.62. The van der Waals surface area contributed by atoms with Crippen molar-refractivity contribution in [2.45, 2.75) is 24.9 Å². The van der Waals surface area contributed by atoms with Crippen LogP contribution in [0.25, 0.3) is 0 Å². The molecule has 2 amide bonds. The first kappa shape index (κ1) is 17.5. The van der Waals surface area contributed by atoms with Gasteiger partial charge in [0.1, 0.15) is 6.54 Å². The summed E-state index contributed by atoms with van der Waals surface area (Å²) in [5.41, 5.74) is 2.04. The van der Waals surface area contributed by atoms with Gasteiger partial charge in [-0.05, 0) is 38.1 Å². The summed E-state index contributed by atoms with van der Waals surface area (Å²) in [7, 11) is 0. The quantitative estimate of drug-likeness (QED) is 0.792. The third-order valence-electron chi connectivity index (χ3n) is 4.23. The number of amides is 2. The fourth-order valence-corrected chi connectivity index (χ4v) is 3.56. The molecule has 1 aliphatic heterocycles. The van der Waals surface area contributed by atoms with E-state index in [9.17, 15) is 9.59 Å². The van der Waals surface area contributed by atoms with Crippen molar-refractivity contribution in [3.05, 3.63) is 54.2 Å². The second kappa shape index (κ2) is 7.70. The van der Waals surface area contributed by atoms with E-state index in [0.29, 0.717) is 12.3 Å². The predicted molar refractivity (Wildman–Crippen MR) is 99.7 cm³/mol. The van der Waals surface area contributed by atoms with E-state index < -0.39 is 0 Å². The summed E-state index contributed by atoms with van der Waals surface area (Å²) in [6.07, 6.45) is 1.71. The molecular weight excluding hydrogens is 334 g/mol. The number of anilines is 1. The Kier molecular flexibility index (Phi) is 5.38. The Hall–Kier alpha value is -2.34. The van der Waals surface area contributed by atoms with Crippen LogP contribution in [0.5, 0.6) is 0 Å². The van der Waals surface area contributed by atoms with Gasteiger partial charge in [-0.25, -0.2) is 4.98 Å². The van der Waals surface area contributed by atoms with Gasteiger partial charge in [0.25, 0.3) is 0 Å². The first-order valence-electron chi connectivity index (χ1n) is 8.25. The fourth-order valence-electron chi connectivity index (χ4n) is 2.81. The van der Waals surface area contributed by atoms with Crippen molar-refractivity contribution in [3.8, 4) is 0 Å². The molecule has 0 spiro atoms. The maximum atomic E-state index is 12.5. The van der Waals surface area contributed by atoms with Gasteiger partial charge in [0.15, 0.2) is 0 Å². The molecule has 1 fully saturated rings. The minimum atomic E-state index is -0.0434. The van der Waals surface area contributed by atoms with Gasteiger partial charge in [-0.3, -0.25) is 9.59 Å². The van der Waals surface area contributed by atoms with Gasteiger partial charge in [-0.2, -0.15) is 0 Å². The summed E-state index contributed by atoms with van der Waals surface area (Å²) < 4.78 is 0. The zero-order valence-corrected chi connectivity index (χ0v) is 15.2. The number of piperazine rings is 1. The number of benzene rings is 1. The SMILES string of the molecule is Cc1ccc(N2C[C@H](C)N(C(=O)CSc3ccccn3)CC2=O)cc1. The highest BCUT2D eigenvalue weighted by Gasteiger charge is 2.33. The van der Waals surface area contributed by atoms with E-state index in [1.165, 1.54) is 11.8 Å². The molecule has 2 heterocycles. The van der Waals surface area contributed by atoms with Crippen LogP contribution in [0.4, 0.5) is 5.69 Å². The van der Waals surface area contributed by atoms with Crippen molar-refractivity contribution >= 4 is 29.3 Å². The van der Waals surface area contributed by atoms with Crippen LogP contribution in [-0.2, 0) is 9.59 Å². The van der Waals surface area contributed by atoms with Crippen molar-refractivity contribution in [3.63, 3.8) is 0 Å². The molecule has 6 heteroatoms. The van der Waals surface area contributed by atoms with Gasteiger partial charge in [-0.15, -0.1) is 0 Å². The van der Waals surface area contributed by atoms with Crippen LogP contribution >= 0.6 is 11.8 Å². The molecule has 1 aromatic heterocycles. The summed E-state index contributed by atoms with van der Waals surface area (Å²) in [6, 6.07) is 13.5. The van der Waals surface area contributed by atoms with E-state index in [2.05, 4.69) is 4.98 Å². The molecule has 0 N–H and O–H groups in total. The minimum Gasteiger partial charge on any atom is -0.328 e. The molecule has 5 nitrogen and oxygen atoms in total. The number of aromatic nitrogens is 1. The molecule has 25 heavy (non-hydrogen) atoms. The number of thioether (sulfide) groups is 1. The molecular formula is C19H21N3O2S. The van der Waals surface area contributed by atoms with E-state index in [0.717, 1.165) is 16.3 Å². The summed E-state index contributed by atoms with van der Waals surface area (Å²) in [5.74, 6) is 0.220. The lowest BCUT2D eigenvalue weighted by molar-refractivity contribution is -0.137. The first-order chi connectivity index (χ1) is 12.0. The van der Waals surface area contributed by atoms with Crippen LogP contribution in [0.15, 0.2) is 53.7 Å². The lowest BCUT2D eigenvalue weighted by Crippen LogP contribution is -2.57. The predicted octanol–water partition coefficient (Wildman–Crippen LogP) is 2.75. The van der Waals surface area contributed by atoms with Crippen LogP contribution in [0.1, 0.15) is 12.5 Å². The van der Waals surface area contributed by atoms with Gasteiger partial charge in [0, 0.05) is 24.5 Å². The summed E-state index contributed by atoms with van der Waals surface area (Å²) in [4.78, 5) is 32.7. The van der Waals surface area contributed by atoms with E-state index in [4.69, 9.17) is 0 Å². The second-order valence-corrected chi connectivity index (χ2v) is 7.16. The third-order valence-corrected chi connectivity index (χ3v) is 5.16. The van der Waals surface area contributed by atoms with E-state index >= 15 is 0 Å². The van der Waals surface area contributed by atoms with Gasteiger partial charge in [0.05, 0.1) is 10.8 Å². The number of hydrogen-bond acceptors (Lipinski definition) is 4. The van der Waals surface area contributed by atoms with Gasteiger partial charge in [0.2, 0.25) is 11.8 Å². The molecule has 2 aromatic rings. The number of carbonyl (C=O) groups is 2. The van der Waals surface area contributed by atoms with Crippen molar-refractivity contribution in [1.82, 2.24) is 9.88 Å². The monoisotopic (exact) mass is 355 g/mol. The van der Waals surface area contributed by atoms with Crippen LogP contribution < -0.4 is 4.90 Å². The Morgan fingerprint density at radius 1 is 1.24 bits per heavy atom. The highest BCUT2D eigenvalue weighted by Crippen LogP contribution is 2.22. The lowest BCUT2D eigenvalue weighted by atomic mass is 10.1. The van der Waals surface area contributed by atoms with E-state index in [1.807, 2.05) is 56.3 Å². The molecule has 0 bridgehead atoms. The van der Waals surface area contributed by atoms with Crippen molar-refractivity contribution in [2.75, 3.05) is 23.7 Å². The average molecular weight is 355 g/mol. The minimum absolute atomic E-state index is 0.0177. The first-order valence-corrected chi connectivity index (χ1v) is 9.23. The molecule has 130 valence electrons. The normalized spacial score (nSPS) is 17.7. The lowest BCUT2D eigenvalue weighted by Gasteiger charge is -2.39. The number of pyridine rings is 1. The topological polar surface area (TPSA) is 53.5 Å². The van der Waals surface area contributed by atoms with Crippen LogP contribution in [0, 0.1) is 6.92 Å². The van der Waals surface area contributed by atoms with Crippen LogP contribution in [-0.4, -0.2) is 46.6 Å². The third kappa shape index (κ3) is 4.20. The standard InChI is InChI=1S/C19H21N3O2S/c1-14-6-8-16(9-7-14)22-11-15(2)21(12-18(22)23)19(24)13-25-17-5-3-4-10-20-17/h3-10,15H,11-13H2,1-2H3/t15-/m0/s1. The number of hydrogen-bond donors (Lipinski definition) is 0. The molecule has 1 aromatic carbocycles. The van der Waals surface area contributed by atoms with Gasteiger partial charge in [-0.1, -0.05) is 35.5 Å². The zero-order chi connectivity index (χ0) is 17.8.